The molecule has 0 spiro atoms. The van der Waals surface area contributed by atoms with Gasteiger partial charge in [-0.2, -0.15) is 0 Å². The van der Waals surface area contributed by atoms with Crippen molar-refractivity contribution in [3.63, 3.8) is 0 Å². The van der Waals surface area contributed by atoms with Gasteiger partial charge in [0.2, 0.25) is 0 Å². The molecule has 0 bridgehead atoms. The first-order chi connectivity index (χ1) is 9.63. The number of benzene rings is 1. The third-order valence-corrected chi connectivity index (χ3v) is 4.42. The summed E-state index contributed by atoms with van der Waals surface area (Å²) in [6.45, 7) is 10.1. The molecule has 110 valence electrons. The van der Waals surface area contributed by atoms with E-state index in [-0.39, 0.29) is 5.91 Å². The molecule has 3 nitrogen and oxygen atoms in total. The molecular formula is C17H26N2O. The Morgan fingerprint density at radius 1 is 1.30 bits per heavy atom. The van der Waals surface area contributed by atoms with Crippen LogP contribution in [0.1, 0.15) is 41.3 Å². The monoisotopic (exact) mass is 274 g/mol. The van der Waals surface area contributed by atoms with Crippen LogP contribution in [0.2, 0.25) is 0 Å². The van der Waals surface area contributed by atoms with Crippen molar-refractivity contribution in [2.75, 3.05) is 26.2 Å². The van der Waals surface area contributed by atoms with E-state index in [4.69, 9.17) is 0 Å². The molecule has 1 N–H and O–H groups in total. The summed E-state index contributed by atoms with van der Waals surface area (Å²) in [6, 6.07) is 6.00. The molecule has 1 aliphatic heterocycles. The van der Waals surface area contributed by atoms with Crippen LogP contribution in [-0.4, -0.2) is 37.0 Å². The predicted molar refractivity (Wildman–Crippen MR) is 83.1 cm³/mol. The summed E-state index contributed by atoms with van der Waals surface area (Å²) in [5.74, 6) is 0.922. The molecule has 1 heterocycles. The average Bonchev–Trinajstić information content (AvgIpc) is 2.48. The molecule has 0 unspecified atom stereocenters. The lowest BCUT2D eigenvalue weighted by Crippen LogP contribution is -2.41. The Morgan fingerprint density at radius 3 is 2.65 bits per heavy atom. The number of nitrogens with zero attached hydrogens (tertiary/aromatic N) is 1. The number of nitrogens with one attached hydrogen (secondary N) is 1. The SMILES string of the molecule is CCNCC1CCN(C(=O)c2cccc(C)c2C)CC1. The zero-order valence-electron chi connectivity index (χ0n) is 12.9. The molecule has 3 heteroatoms. The molecule has 1 aliphatic rings. The van der Waals surface area contributed by atoms with E-state index in [9.17, 15) is 4.79 Å². The van der Waals surface area contributed by atoms with Crippen LogP contribution in [0.5, 0.6) is 0 Å². The molecule has 20 heavy (non-hydrogen) atoms. The highest BCUT2D eigenvalue weighted by atomic mass is 16.2. The van der Waals surface area contributed by atoms with Crippen LogP contribution in [0.3, 0.4) is 0 Å². The van der Waals surface area contributed by atoms with Crippen molar-refractivity contribution in [3.8, 4) is 0 Å². The number of amides is 1. The predicted octanol–water partition coefficient (Wildman–Crippen LogP) is 2.77. The molecule has 1 amide bonds. The Kier molecular flexibility index (Phi) is 5.18. The van der Waals surface area contributed by atoms with Crippen molar-refractivity contribution < 1.29 is 4.79 Å². The van der Waals surface area contributed by atoms with Gasteiger partial charge in [-0.15, -0.1) is 0 Å². The molecule has 1 saturated heterocycles. The molecule has 0 radical (unpaired) electrons. The zero-order chi connectivity index (χ0) is 14.5. The van der Waals surface area contributed by atoms with E-state index in [1.165, 1.54) is 5.56 Å². The number of hydrogen-bond acceptors (Lipinski definition) is 2. The second-order valence-corrected chi connectivity index (χ2v) is 5.79. The number of piperidine rings is 1. The third kappa shape index (κ3) is 3.40. The van der Waals surface area contributed by atoms with Crippen molar-refractivity contribution in [3.05, 3.63) is 34.9 Å². The van der Waals surface area contributed by atoms with Crippen LogP contribution < -0.4 is 5.32 Å². The van der Waals surface area contributed by atoms with Gasteiger partial charge >= 0.3 is 0 Å². The van der Waals surface area contributed by atoms with Crippen molar-refractivity contribution >= 4 is 5.91 Å². The van der Waals surface area contributed by atoms with E-state index in [2.05, 4.69) is 25.2 Å². The largest absolute Gasteiger partial charge is 0.339 e. The molecule has 1 aromatic carbocycles. The molecule has 2 rings (SSSR count). The lowest BCUT2D eigenvalue weighted by Gasteiger charge is -2.32. The summed E-state index contributed by atoms with van der Waals surface area (Å²) >= 11 is 0. The van der Waals surface area contributed by atoms with Gasteiger partial charge in [0.05, 0.1) is 0 Å². The molecule has 0 atom stereocenters. The number of carbonyl (C=O) groups excluding carboxylic acids is 1. The van der Waals surface area contributed by atoms with Gasteiger partial charge in [0.15, 0.2) is 0 Å². The highest BCUT2D eigenvalue weighted by molar-refractivity contribution is 5.96. The van der Waals surface area contributed by atoms with E-state index < -0.39 is 0 Å². The van der Waals surface area contributed by atoms with Gasteiger partial charge in [-0.1, -0.05) is 19.1 Å². The van der Waals surface area contributed by atoms with Crippen LogP contribution in [-0.2, 0) is 0 Å². The van der Waals surface area contributed by atoms with E-state index >= 15 is 0 Å². The normalized spacial score (nSPS) is 16.4. The second kappa shape index (κ2) is 6.89. The van der Waals surface area contributed by atoms with E-state index in [0.717, 1.165) is 56.1 Å². The summed E-state index contributed by atoms with van der Waals surface area (Å²) in [7, 11) is 0. The fraction of sp³-hybridized carbons (Fsp3) is 0.588. The van der Waals surface area contributed by atoms with Crippen LogP contribution in [0.4, 0.5) is 0 Å². The van der Waals surface area contributed by atoms with Gasteiger partial charge in [-0.3, -0.25) is 4.79 Å². The summed E-state index contributed by atoms with van der Waals surface area (Å²) in [5.41, 5.74) is 3.18. The van der Waals surface area contributed by atoms with Gasteiger partial charge in [0.1, 0.15) is 0 Å². The Labute approximate surface area is 122 Å². The highest BCUT2D eigenvalue weighted by Crippen LogP contribution is 2.21. The van der Waals surface area contributed by atoms with E-state index in [1.54, 1.807) is 0 Å². The van der Waals surface area contributed by atoms with Gasteiger partial charge in [-0.25, -0.2) is 0 Å². The molecule has 1 fully saturated rings. The van der Waals surface area contributed by atoms with Crippen molar-refractivity contribution in [1.29, 1.82) is 0 Å². The van der Waals surface area contributed by atoms with Crippen molar-refractivity contribution in [2.24, 2.45) is 5.92 Å². The first kappa shape index (κ1) is 15.0. The maximum absolute atomic E-state index is 12.6. The van der Waals surface area contributed by atoms with Gasteiger partial charge in [0.25, 0.3) is 5.91 Å². The molecule has 0 saturated carbocycles. The minimum absolute atomic E-state index is 0.202. The van der Waals surface area contributed by atoms with Crippen molar-refractivity contribution in [1.82, 2.24) is 10.2 Å². The maximum Gasteiger partial charge on any atom is 0.254 e. The number of likely N-dealkylation sites (tertiary alicyclic amines) is 1. The van der Waals surface area contributed by atoms with Crippen molar-refractivity contribution in [2.45, 2.75) is 33.6 Å². The van der Waals surface area contributed by atoms with Crippen LogP contribution in [0, 0.1) is 19.8 Å². The highest BCUT2D eigenvalue weighted by Gasteiger charge is 2.24. The summed E-state index contributed by atoms with van der Waals surface area (Å²) in [4.78, 5) is 14.6. The lowest BCUT2D eigenvalue weighted by atomic mass is 9.95. The third-order valence-electron chi connectivity index (χ3n) is 4.42. The Morgan fingerprint density at radius 2 is 2.00 bits per heavy atom. The van der Waals surface area contributed by atoms with E-state index in [1.807, 2.05) is 24.0 Å². The number of rotatable bonds is 4. The van der Waals surface area contributed by atoms with Crippen LogP contribution in [0.15, 0.2) is 18.2 Å². The zero-order valence-corrected chi connectivity index (χ0v) is 12.9. The number of carbonyl (C=O) groups is 1. The molecule has 0 aliphatic carbocycles. The van der Waals surface area contributed by atoms with Gasteiger partial charge in [0, 0.05) is 18.7 Å². The Balaban J connectivity index is 1.96. The molecule has 1 aromatic rings. The second-order valence-electron chi connectivity index (χ2n) is 5.79. The molecule has 0 aromatic heterocycles. The number of hydrogen-bond donors (Lipinski definition) is 1. The number of aryl methyl sites for hydroxylation is 1. The average molecular weight is 274 g/mol. The van der Waals surface area contributed by atoms with Crippen LogP contribution in [0.25, 0.3) is 0 Å². The summed E-state index contributed by atoms with van der Waals surface area (Å²) in [6.07, 6.45) is 2.23. The first-order valence-electron chi connectivity index (χ1n) is 7.69. The summed E-state index contributed by atoms with van der Waals surface area (Å²) in [5, 5.41) is 3.41. The quantitative estimate of drug-likeness (QED) is 0.915. The molecular weight excluding hydrogens is 248 g/mol. The fourth-order valence-corrected chi connectivity index (χ4v) is 2.84. The van der Waals surface area contributed by atoms with E-state index in [0.29, 0.717) is 0 Å². The maximum atomic E-state index is 12.6. The lowest BCUT2D eigenvalue weighted by molar-refractivity contribution is 0.0689. The van der Waals surface area contributed by atoms with Crippen LogP contribution >= 0.6 is 0 Å². The first-order valence-corrected chi connectivity index (χ1v) is 7.69. The smallest absolute Gasteiger partial charge is 0.254 e. The Bertz CT molecular complexity index is 462. The summed E-state index contributed by atoms with van der Waals surface area (Å²) < 4.78 is 0. The Hall–Kier alpha value is -1.35. The van der Waals surface area contributed by atoms with Gasteiger partial charge in [-0.05, 0) is 62.9 Å². The fourth-order valence-electron chi connectivity index (χ4n) is 2.84. The van der Waals surface area contributed by atoms with Gasteiger partial charge < -0.3 is 10.2 Å². The minimum Gasteiger partial charge on any atom is -0.339 e. The topological polar surface area (TPSA) is 32.3 Å². The standard InChI is InChI=1S/C17H26N2O/c1-4-18-12-15-8-10-19(11-9-15)17(20)16-7-5-6-13(2)14(16)3/h5-7,15,18H,4,8-12H2,1-3H3. The minimum atomic E-state index is 0.202.